The van der Waals surface area contributed by atoms with Gasteiger partial charge in [0, 0.05) is 0 Å². The Labute approximate surface area is 100 Å². The largest absolute Gasteiger partial charge is 0.282 e. The van der Waals surface area contributed by atoms with E-state index in [2.05, 4.69) is 4.72 Å². The van der Waals surface area contributed by atoms with E-state index in [4.69, 9.17) is 10.5 Å². The maximum Gasteiger partial charge on any atom is 0.248 e. The third kappa shape index (κ3) is 2.96. The maximum atomic E-state index is 11.7. The molecule has 1 aromatic rings. The van der Waals surface area contributed by atoms with Crippen molar-refractivity contribution >= 4 is 15.7 Å². The second kappa shape index (κ2) is 4.86. The van der Waals surface area contributed by atoms with E-state index in [9.17, 15) is 8.42 Å². The van der Waals surface area contributed by atoms with E-state index >= 15 is 0 Å². The smallest absolute Gasteiger partial charge is 0.248 e. The molecule has 1 unspecified atom stereocenters. The first-order valence-corrected chi connectivity index (χ1v) is 6.37. The molecule has 0 aliphatic carbocycles. The van der Waals surface area contributed by atoms with E-state index in [-0.39, 0.29) is 0 Å². The highest BCUT2D eigenvalue weighted by molar-refractivity contribution is 7.93. The first-order valence-electron chi connectivity index (χ1n) is 4.82. The van der Waals surface area contributed by atoms with Crippen LogP contribution in [0.3, 0.4) is 0 Å². The Hall–Kier alpha value is -2.05. The molecule has 0 aliphatic heterocycles. The monoisotopic (exact) mass is 249 g/mol. The third-order valence-electron chi connectivity index (χ3n) is 2.27. The topological polar surface area (TPSA) is 93.8 Å². The second-order valence-corrected chi connectivity index (χ2v) is 5.56. The highest BCUT2D eigenvalue weighted by Crippen LogP contribution is 2.19. The summed E-state index contributed by atoms with van der Waals surface area (Å²) >= 11 is 0. The Morgan fingerprint density at radius 2 is 2.00 bits per heavy atom. The zero-order chi connectivity index (χ0) is 13.1. The fraction of sp³-hybridized carbons (Fsp3) is 0.273. The fourth-order valence-electron chi connectivity index (χ4n) is 1.11. The number of sulfonamides is 1. The zero-order valence-electron chi connectivity index (χ0n) is 9.43. The lowest BCUT2D eigenvalue weighted by Gasteiger charge is -2.11. The molecular weight excluding hydrogens is 238 g/mol. The van der Waals surface area contributed by atoms with Gasteiger partial charge in [-0.3, -0.25) is 4.72 Å². The van der Waals surface area contributed by atoms with Crippen LogP contribution in [0.4, 0.5) is 5.69 Å². The Morgan fingerprint density at radius 3 is 2.53 bits per heavy atom. The number of aryl methyl sites for hydroxylation is 1. The van der Waals surface area contributed by atoms with Gasteiger partial charge in [0.05, 0.1) is 23.4 Å². The van der Waals surface area contributed by atoms with Crippen LogP contribution in [0.1, 0.15) is 18.1 Å². The Balaban J connectivity index is 3.13. The lowest BCUT2D eigenvalue weighted by atomic mass is 10.1. The van der Waals surface area contributed by atoms with Gasteiger partial charge >= 0.3 is 0 Å². The number of benzene rings is 1. The number of rotatable bonds is 3. The van der Waals surface area contributed by atoms with Crippen LogP contribution in [0.25, 0.3) is 0 Å². The summed E-state index contributed by atoms with van der Waals surface area (Å²) in [5.74, 6) is 0. The number of nitriles is 2. The summed E-state index contributed by atoms with van der Waals surface area (Å²) in [5.41, 5.74) is 1.38. The molecule has 0 spiro atoms. The van der Waals surface area contributed by atoms with Crippen molar-refractivity contribution in [3.05, 3.63) is 29.3 Å². The van der Waals surface area contributed by atoms with Crippen LogP contribution in [0.15, 0.2) is 18.2 Å². The van der Waals surface area contributed by atoms with Crippen molar-refractivity contribution in [2.45, 2.75) is 19.1 Å². The van der Waals surface area contributed by atoms with Gasteiger partial charge in [0.1, 0.15) is 0 Å². The molecule has 88 valence electrons. The van der Waals surface area contributed by atoms with Crippen molar-refractivity contribution in [1.29, 1.82) is 10.5 Å². The molecule has 0 fully saturated rings. The van der Waals surface area contributed by atoms with E-state index < -0.39 is 15.3 Å². The molecule has 0 saturated carbocycles. The van der Waals surface area contributed by atoms with Crippen LogP contribution in [-0.4, -0.2) is 13.7 Å². The van der Waals surface area contributed by atoms with Gasteiger partial charge in [-0.15, -0.1) is 0 Å². The van der Waals surface area contributed by atoms with Crippen LogP contribution in [0.5, 0.6) is 0 Å². The first kappa shape index (κ1) is 13.0. The standard InChI is InChI=1S/C11H11N3O2S/c1-8-3-4-10(7-13)5-11(8)14-17(15,16)9(2)6-12/h3-5,9,14H,1-2H3. The predicted octanol–water partition coefficient (Wildman–Crippen LogP) is 1.52. The highest BCUT2D eigenvalue weighted by atomic mass is 32.2. The van der Waals surface area contributed by atoms with Crippen LogP contribution >= 0.6 is 0 Å². The molecule has 0 saturated heterocycles. The van der Waals surface area contributed by atoms with Gasteiger partial charge in [-0.25, -0.2) is 8.42 Å². The summed E-state index contributed by atoms with van der Waals surface area (Å²) in [4.78, 5) is 0. The van der Waals surface area contributed by atoms with Crippen molar-refractivity contribution in [2.75, 3.05) is 4.72 Å². The fourth-order valence-corrected chi connectivity index (χ4v) is 1.95. The molecule has 1 N–H and O–H groups in total. The minimum atomic E-state index is -3.73. The van der Waals surface area contributed by atoms with Gasteiger partial charge in [-0.05, 0) is 31.5 Å². The lowest BCUT2D eigenvalue weighted by molar-refractivity contribution is 0.597. The number of hydrogen-bond acceptors (Lipinski definition) is 4. The van der Waals surface area contributed by atoms with Gasteiger partial charge in [0.25, 0.3) is 0 Å². The molecule has 0 radical (unpaired) electrons. The second-order valence-electron chi connectivity index (χ2n) is 3.56. The summed E-state index contributed by atoms with van der Waals surface area (Å²) in [6, 6.07) is 8.27. The molecule has 1 rings (SSSR count). The van der Waals surface area contributed by atoms with E-state index in [0.717, 1.165) is 0 Å². The number of hydrogen-bond donors (Lipinski definition) is 1. The van der Waals surface area contributed by atoms with Crippen LogP contribution in [0.2, 0.25) is 0 Å². The average molecular weight is 249 g/mol. The number of nitrogens with zero attached hydrogens (tertiary/aromatic N) is 2. The van der Waals surface area contributed by atoms with Crippen LogP contribution in [0, 0.1) is 29.6 Å². The van der Waals surface area contributed by atoms with Gasteiger partial charge < -0.3 is 0 Å². The highest BCUT2D eigenvalue weighted by Gasteiger charge is 2.20. The molecule has 0 bridgehead atoms. The normalized spacial score (nSPS) is 12.2. The Kier molecular flexibility index (Phi) is 3.72. The minimum absolute atomic E-state index is 0.325. The molecule has 1 aromatic carbocycles. The molecular formula is C11H11N3O2S. The first-order chi connectivity index (χ1) is 7.90. The van der Waals surface area contributed by atoms with Crippen molar-refractivity contribution in [3.63, 3.8) is 0 Å². The molecule has 0 aromatic heterocycles. The van der Waals surface area contributed by atoms with Crippen molar-refractivity contribution < 1.29 is 8.42 Å². The van der Waals surface area contributed by atoms with Crippen LogP contribution in [-0.2, 0) is 10.0 Å². The minimum Gasteiger partial charge on any atom is -0.282 e. The maximum absolute atomic E-state index is 11.7. The Bertz CT molecular complexity index is 609. The third-order valence-corrected chi connectivity index (χ3v) is 3.81. The van der Waals surface area contributed by atoms with Crippen molar-refractivity contribution in [1.82, 2.24) is 0 Å². The summed E-state index contributed by atoms with van der Waals surface area (Å²) in [6.07, 6.45) is 0. The van der Waals surface area contributed by atoms with Gasteiger partial charge in [-0.1, -0.05) is 6.07 Å². The number of anilines is 1. The predicted molar refractivity (Wildman–Crippen MR) is 63.5 cm³/mol. The molecule has 0 amide bonds. The molecule has 5 nitrogen and oxygen atoms in total. The van der Waals surface area contributed by atoms with Crippen molar-refractivity contribution in [3.8, 4) is 12.1 Å². The van der Waals surface area contributed by atoms with E-state index in [1.807, 2.05) is 6.07 Å². The summed E-state index contributed by atoms with van der Waals surface area (Å²) in [5, 5.41) is 16.2. The number of nitrogens with one attached hydrogen (secondary N) is 1. The van der Waals surface area contributed by atoms with E-state index in [1.165, 1.54) is 13.0 Å². The van der Waals surface area contributed by atoms with Crippen molar-refractivity contribution in [2.24, 2.45) is 0 Å². The quantitative estimate of drug-likeness (QED) is 0.878. The lowest BCUT2D eigenvalue weighted by Crippen LogP contribution is -2.24. The molecule has 17 heavy (non-hydrogen) atoms. The summed E-state index contributed by atoms with van der Waals surface area (Å²) < 4.78 is 25.6. The average Bonchev–Trinajstić information content (AvgIpc) is 2.30. The summed E-state index contributed by atoms with van der Waals surface area (Å²) in [6.45, 7) is 3.02. The van der Waals surface area contributed by atoms with Gasteiger partial charge in [-0.2, -0.15) is 10.5 Å². The molecule has 0 heterocycles. The molecule has 0 aliphatic rings. The summed E-state index contributed by atoms with van der Waals surface area (Å²) in [7, 11) is -3.73. The van der Waals surface area contributed by atoms with E-state index in [0.29, 0.717) is 16.8 Å². The Morgan fingerprint density at radius 1 is 1.35 bits per heavy atom. The van der Waals surface area contributed by atoms with Crippen LogP contribution < -0.4 is 4.72 Å². The molecule has 1 atom stereocenters. The molecule has 6 heteroatoms. The SMILES string of the molecule is Cc1ccc(C#N)cc1NS(=O)(=O)C(C)C#N. The zero-order valence-corrected chi connectivity index (χ0v) is 10.2. The van der Waals surface area contributed by atoms with E-state index in [1.54, 1.807) is 25.1 Å². The van der Waals surface area contributed by atoms with Gasteiger partial charge in [0.2, 0.25) is 10.0 Å². The van der Waals surface area contributed by atoms with Gasteiger partial charge in [0.15, 0.2) is 5.25 Å².